The number of amides is 1. The second kappa shape index (κ2) is 9.04. The fourth-order valence-corrected chi connectivity index (χ4v) is 3.91. The topological polar surface area (TPSA) is 58.6 Å². The highest BCUT2D eigenvalue weighted by Crippen LogP contribution is 2.42. The molecule has 1 amide bonds. The molecule has 1 N–H and O–H groups in total. The minimum absolute atomic E-state index is 0.121. The van der Waals surface area contributed by atoms with Gasteiger partial charge in [-0.15, -0.1) is 0 Å². The molecule has 1 aliphatic carbocycles. The fraction of sp³-hybridized carbons (Fsp3) is 0.231. The zero-order valence-corrected chi connectivity index (χ0v) is 17.9. The second-order valence-electron chi connectivity index (χ2n) is 7.64. The Morgan fingerprint density at radius 3 is 2.65 bits per heavy atom. The molecule has 0 spiro atoms. The van der Waals surface area contributed by atoms with Gasteiger partial charge in [-0.3, -0.25) is 4.79 Å². The molecule has 0 atom stereocenters. The predicted molar refractivity (Wildman–Crippen MR) is 123 cm³/mol. The number of para-hydroxylation sites is 1. The normalized spacial score (nSPS) is 14.5. The number of carbonyl (C=O) groups is 2. The minimum Gasteiger partial charge on any atom is -0.423 e. The number of benzene rings is 2. The van der Waals surface area contributed by atoms with E-state index >= 15 is 0 Å². The lowest BCUT2D eigenvalue weighted by Gasteiger charge is -2.34. The number of unbranched alkanes of at least 4 members (excludes halogenated alkanes) is 1. The standard InChI is InChI=1S/C26H26N2O3/c1-3-4-17-27-25(29)18-13-15-19(16-14-18)31-26(30)24-20-9-5-7-11-22(20)28(2)23-12-8-6-10-21(23)24/h5-9,11-16H,3-4,10,17H2,1-2H3,(H,27,29). The van der Waals surface area contributed by atoms with E-state index in [4.69, 9.17) is 4.74 Å². The van der Waals surface area contributed by atoms with Gasteiger partial charge in [-0.1, -0.05) is 43.7 Å². The summed E-state index contributed by atoms with van der Waals surface area (Å²) in [5.41, 5.74) is 4.94. The fourth-order valence-electron chi connectivity index (χ4n) is 3.91. The molecule has 0 fully saturated rings. The Kier molecular flexibility index (Phi) is 6.03. The lowest BCUT2D eigenvalue weighted by molar-refractivity contribution is -0.128. The molecule has 2 aromatic rings. The number of hydrogen-bond acceptors (Lipinski definition) is 4. The average molecular weight is 415 g/mol. The van der Waals surface area contributed by atoms with Crippen molar-refractivity contribution in [1.29, 1.82) is 0 Å². The first kappa shape index (κ1) is 20.7. The number of nitrogens with zero attached hydrogens (tertiary/aromatic N) is 1. The van der Waals surface area contributed by atoms with Gasteiger partial charge in [0.15, 0.2) is 0 Å². The zero-order valence-electron chi connectivity index (χ0n) is 17.9. The number of allylic oxidation sites excluding steroid dienone is 4. The summed E-state index contributed by atoms with van der Waals surface area (Å²) in [6.07, 6.45) is 8.72. The van der Waals surface area contributed by atoms with Crippen LogP contribution in [0, 0.1) is 0 Å². The van der Waals surface area contributed by atoms with Gasteiger partial charge < -0.3 is 15.0 Å². The summed E-state index contributed by atoms with van der Waals surface area (Å²) in [4.78, 5) is 27.5. The summed E-state index contributed by atoms with van der Waals surface area (Å²) in [6.45, 7) is 2.73. The van der Waals surface area contributed by atoms with Crippen molar-refractivity contribution >= 4 is 23.1 Å². The summed E-state index contributed by atoms with van der Waals surface area (Å²) in [7, 11) is 2.01. The first-order valence-corrected chi connectivity index (χ1v) is 10.6. The van der Waals surface area contributed by atoms with Gasteiger partial charge in [0, 0.05) is 36.1 Å². The van der Waals surface area contributed by atoms with Crippen LogP contribution in [0.25, 0.3) is 5.57 Å². The third kappa shape index (κ3) is 4.17. The third-order valence-electron chi connectivity index (χ3n) is 5.57. The number of rotatable bonds is 6. The van der Waals surface area contributed by atoms with Crippen molar-refractivity contribution in [2.24, 2.45) is 0 Å². The van der Waals surface area contributed by atoms with Crippen LogP contribution in [0.1, 0.15) is 42.1 Å². The minimum atomic E-state index is -0.392. The number of ether oxygens (including phenoxy) is 1. The van der Waals surface area contributed by atoms with Crippen LogP contribution in [-0.4, -0.2) is 25.5 Å². The maximum atomic E-state index is 13.3. The van der Waals surface area contributed by atoms with E-state index in [0.29, 0.717) is 29.9 Å². The lowest BCUT2D eigenvalue weighted by atomic mass is 9.87. The van der Waals surface area contributed by atoms with Crippen molar-refractivity contribution in [3.05, 3.63) is 89.2 Å². The first-order chi connectivity index (χ1) is 15.1. The van der Waals surface area contributed by atoms with Crippen LogP contribution in [0.3, 0.4) is 0 Å². The molecule has 0 bridgehead atoms. The van der Waals surface area contributed by atoms with Crippen molar-refractivity contribution < 1.29 is 14.3 Å². The molecule has 0 saturated heterocycles. The summed E-state index contributed by atoms with van der Waals surface area (Å²) in [5.74, 6) is -0.0994. The van der Waals surface area contributed by atoms with Crippen LogP contribution in [0.2, 0.25) is 0 Å². The van der Waals surface area contributed by atoms with E-state index in [9.17, 15) is 9.59 Å². The number of hydrogen-bond donors (Lipinski definition) is 1. The van der Waals surface area contributed by atoms with E-state index in [0.717, 1.165) is 35.4 Å². The van der Waals surface area contributed by atoms with E-state index in [1.165, 1.54) is 0 Å². The third-order valence-corrected chi connectivity index (χ3v) is 5.57. The molecule has 0 saturated carbocycles. The Balaban J connectivity index is 1.57. The summed E-state index contributed by atoms with van der Waals surface area (Å²) in [5, 5.41) is 2.89. The molecule has 0 radical (unpaired) electrons. The highest BCUT2D eigenvalue weighted by molar-refractivity contribution is 6.22. The molecule has 2 aliphatic rings. The number of esters is 1. The van der Waals surface area contributed by atoms with Gasteiger partial charge >= 0.3 is 5.97 Å². The number of anilines is 1. The Labute approximate surface area is 182 Å². The summed E-state index contributed by atoms with van der Waals surface area (Å²) in [6, 6.07) is 14.5. The number of nitrogens with one attached hydrogen (secondary N) is 1. The SMILES string of the molecule is CCCCNC(=O)c1ccc(OC(=O)C2=C3CC=CC=C3N(C)c3ccccc32)cc1. The van der Waals surface area contributed by atoms with Gasteiger partial charge in [-0.25, -0.2) is 4.79 Å². The van der Waals surface area contributed by atoms with Crippen LogP contribution in [0.15, 0.2) is 78.0 Å². The molecule has 2 aromatic carbocycles. The molecule has 1 heterocycles. The second-order valence-corrected chi connectivity index (χ2v) is 7.64. The van der Waals surface area contributed by atoms with E-state index in [1.54, 1.807) is 24.3 Å². The van der Waals surface area contributed by atoms with Crippen LogP contribution in [0.5, 0.6) is 5.75 Å². The lowest BCUT2D eigenvalue weighted by Crippen LogP contribution is -2.28. The van der Waals surface area contributed by atoms with Crippen LogP contribution >= 0.6 is 0 Å². The van der Waals surface area contributed by atoms with Crippen LogP contribution in [-0.2, 0) is 4.79 Å². The summed E-state index contributed by atoms with van der Waals surface area (Å²) >= 11 is 0. The first-order valence-electron chi connectivity index (χ1n) is 10.6. The van der Waals surface area contributed by atoms with E-state index < -0.39 is 5.97 Å². The van der Waals surface area contributed by atoms with Crippen molar-refractivity contribution in [1.82, 2.24) is 5.32 Å². The van der Waals surface area contributed by atoms with E-state index in [2.05, 4.69) is 17.1 Å². The van der Waals surface area contributed by atoms with E-state index in [1.807, 2.05) is 49.5 Å². The Morgan fingerprint density at radius 2 is 1.87 bits per heavy atom. The van der Waals surface area contributed by atoms with Crippen molar-refractivity contribution in [3.8, 4) is 5.75 Å². The van der Waals surface area contributed by atoms with E-state index in [-0.39, 0.29) is 5.91 Å². The molecular weight excluding hydrogens is 388 g/mol. The predicted octanol–water partition coefficient (Wildman–Crippen LogP) is 4.87. The monoisotopic (exact) mass is 414 g/mol. The number of fused-ring (bicyclic) bond motifs is 2. The molecule has 4 rings (SSSR count). The molecule has 158 valence electrons. The Bertz CT molecular complexity index is 1090. The van der Waals surface area contributed by atoms with Gasteiger partial charge in [0.05, 0.1) is 5.57 Å². The number of likely N-dealkylation sites (N-methyl/N-ethyl adjacent to an activating group) is 1. The smallest absolute Gasteiger partial charge is 0.344 e. The van der Waals surface area contributed by atoms with Gasteiger partial charge in [-0.2, -0.15) is 0 Å². The van der Waals surface area contributed by atoms with Crippen molar-refractivity contribution in [2.45, 2.75) is 26.2 Å². The molecule has 31 heavy (non-hydrogen) atoms. The summed E-state index contributed by atoms with van der Waals surface area (Å²) < 4.78 is 5.73. The van der Waals surface area contributed by atoms with Gasteiger partial charge in [-0.05, 0) is 54.8 Å². The average Bonchev–Trinajstić information content (AvgIpc) is 2.80. The highest BCUT2D eigenvalue weighted by atomic mass is 16.5. The molecule has 0 unspecified atom stereocenters. The zero-order chi connectivity index (χ0) is 21.8. The molecule has 5 heteroatoms. The molecule has 1 aliphatic heterocycles. The molecule has 5 nitrogen and oxygen atoms in total. The van der Waals surface area contributed by atoms with Gasteiger partial charge in [0.1, 0.15) is 5.75 Å². The van der Waals surface area contributed by atoms with Crippen LogP contribution < -0.4 is 15.0 Å². The van der Waals surface area contributed by atoms with Crippen LogP contribution in [0.4, 0.5) is 5.69 Å². The quantitative estimate of drug-likeness (QED) is 0.416. The van der Waals surface area contributed by atoms with Crippen molar-refractivity contribution in [3.63, 3.8) is 0 Å². The maximum Gasteiger partial charge on any atom is 0.344 e. The maximum absolute atomic E-state index is 13.3. The van der Waals surface area contributed by atoms with Gasteiger partial charge in [0.2, 0.25) is 0 Å². The number of carbonyl (C=O) groups excluding carboxylic acids is 2. The highest BCUT2D eigenvalue weighted by Gasteiger charge is 2.31. The largest absolute Gasteiger partial charge is 0.423 e. The van der Waals surface area contributed by atoms with Crippen molar-refractivity contribution in [2.75, 3.05) is 18.5 Å². The Hall–Kier alpha value is -3.60. The molecular formula is C26H26N2O3. The van der Waals surface area contributed by atoms with Gasteiger partial charge in [0.25, 0.3) is 5.91 Å². The molecule has 0 aromatic heterocycles. The Morgan fingerprint density at radius 1 is 1.10 bits per heavy atom.